The highest BCUT2D eigenvalue weighted by Gasteiger charge is 2.90. The predicted molar refractivity (Wildman–Crippen MR) is 252 cm³/mol. The van der Waals surface area contributed by atoms with E-state index in [9.17, 15) is 18.3 Å². The number of nitriles is 1. The van der Waals surface area contributed by atoms with Crippen molar-refractivity contribution in [2.75, 3.05) is 44.3 Å². The van der Waals surface area contributed by atoms with Gasteiger partial charge in [-0.15, -0.1) is 0 Å². The molecule has 344 valence electrons. The van der Waals surface area contributed by atoms with Crippen LogP contribution < -0.4 is 10.1 Å². The van der Waals surface area contributed by atoms with Gasteiger partial charge in [0.05, 0.1) is 39.2 Å². The number of aliphatic carboxylic acids is 1. The Morgan fingerprint density at radius 1 is 0.969 bits per heavy atom. The van der Waals surface area contributed by atoms with Gasteiger partial charge in [-0.1, -0.05) is 75.5 Å². The summed E-state index contributed by atoms with van der Waals surface area (Å²) in [6.45, 7) is 38.2. The molecule has 0 spiro atoms. The topological polar surface area (TPSA) is 141 Å². The number of hydrogen-bond donors (Lipinski definition) is 2. The standard InChI is InChI=1S/C52H71N6O5S/c1-36(2)39-16-22-50(57-27-28-58-29-31-64(61,62)32-30-58)25-23-46(6)47(7)19-17-41-44(3,4)40(15-18-45(41,5)51(47,54-9)26-24-48(46,8)52(39,50)55-10)38-13-20-49(21-14-38,43(59)60)35-63-42-12-11-37(33-53)34-56-42/h9-13,15,34,39,41,57H,1,14,16-32,35H2,2-8H3/q+1/p+1/t39-,41-,45-,46-,47-,48-,49?,50-,51-,52-/m0/s1. The molecule has 2 heterocycles. The maximum Gasteiger partial charge on any atom is 0.313 e. The zero-order valence-electron chi connectivity index (χ0n) is 39.6. The molecule has 5 fully saturated rings. The van der Waals surface area contributed by atoms with Gasteiger partial charge in [-0.2, -0.15) is 5.26 Å². The molecule has 10 atom stereocenters. The second-order valence-corrected chi connectivity index (χ2v) is 25.0. The number of fused-ring (bicyclic) bond motifs is 7. The highest BCUT2D eigenvalue weighted by atomic mass is 32.2. The highest BCUT2D eigenvalue weighted by molar-refractivity contribution is 7.91. The zero-order chi connectivity index (χ0) is 46.4. The summed E-state index contributed by atoms with van der Waals surface area (Å²) in [5.74, 6) is 0.263. The summed E-state index contributed by atoms with van der Waals surface area (Å²) in [6, 6.07) is 5.29. The summed E-state index contributed by atoms with van der Waals surface area (Å²) in [5.41, 5.74) is 0.240. The zero-order valence-corrected chi connectivity index (χ0v) is 40.4. The van der Waals surface area contributed by atoms with Crippen molar-refractivity contribution in [3.63, 3.8) is 0 Å². The average Bonchev–Trinajstić information content (AvgIpc) is 3.61. The largest absolute Gasteiger partial charge is 0.481 e. The third-order valence-corrected chi connectivity index (χ3v) is 22.0. The smallest absolute Gasteiger partial charge is 0.313 e. The van der Waals surface area contributed by atoms with Crippen molar-refractivity contribution >= 4 is 15.8 Å². The third kappa shape index (κ3) is 6.15. The fourth-order valence-electron chi connectivity index (χ4n) is 16.6. The maximum absolute atomic E-state index is 12.9. The van der Waals surface area contributed by atoms with Crippen LogP contribution in [-0.4, -0.2) is 90.3 Å². The van der Waals surface area contributed by atoms with Crippen molar-refractivity contribution in [3.05, 3.63) is 69.0 Å². The monoisotopic (exact) mass is 893 g/mol. The molecule has 0 amide bonds. The van der Waals surface area contributed by atoms with E-state index in [0.717, 1.165) is 76.5 Å². The Labute approximate surface area is 382 Å². The molecule has 6 aliphatic carbocycles. The predicted octanol–water partition coefficient (Wildman–Crippen LogP) is 9.34. The van der Waals surface area contributed by atoms with Crippen LogP contribution in [0, 0.1) is 68.8 Å². The lowest BCUT2D eigenvalue weighted by molar-refractivity contribution is -0.255. The number of hydrogen-bond acceptors (Lipinski definition) is 8. The highest BCUT2D eigenvalue weighted by Crippen LogP contribution is 2.83. The normalized spacial score (nSPS) is 42.1. The Balaban J connectivity index is 1.09. The van der Waals surface area contributed by atoms with Crippen molar-refractivity contribution in [2.24, 2.45) is 44.3 Å². The average molecular weight is 893 g/mol. The molecule has 8 rings (SSSR count). The van der Waals surface area contributed by atoms with Gasteiger partial charge in [0.2, 0.25) is 5.88 Å². The van der Waals surface area contributed by atoms with E-state index in [2.05, 4.69) is 88.5 Å². The van der Waals surface area contributed by atoms with E-state index in [-0.39, 0.29) is 62.6 Å². The first kappa shape index (κ1) is 46.5. The van der Waals surface area contributed by atoms with Crippen LogP contribution in [0.2, 0.25) is 0 Å². The Hall–Kier alpha value is -4.02. The minimum atomic E-state index is -2.96. The Morgan fingerprint density at radius 3 is 2.28 bits per heavy atom. The van der Waals surface area contributed by atoms with E-state index >= 15 is 0 Å². The quantitative estimate of drug-likeness (QED) is 0.220. The summed E-state index contributed by atoms with van der Waals surface area (Å²) in [6.07, 6.45) is 15.9. The number of carbonyl (C=O) groups is 1. The molecule has 0 radical (unpaired) electrons. The molecular formula is C52H72N6O5S+2. The minimum Gasteiger partial charge on any atom is -0.481 e. The molecule has 1 aromatic rings. The molecule has 1 unspecified atom stereocenters. The second-order valence-electron chi connectivity index (χ2n) is 22.7. The molecule has 1 aromatic heterocycles. The van der Waals surface area contributed by atoms with Crippen molar-refractivity contribution in [3.8, 4) is 25.1 Å². The van der Waals surface area contributed by atoms with E-state index in [1.165, 1.54) is 17.3 Å². The first-order valence-corrected chi connectivity index (χ1v) is 25.7. The van der Waals surface area contributed by atoms with Crippen LogP contribution in [0.4, 0.5) is 0 Å². The first-order valence-electron chi connectivity index (χ1n) is 23.9. The molecule has 7 aliphatic rings. The van der Waals surface area contributed by atoms with E-state index in [4.69, 9.17) is 32.8 Å². The fourth-order valence-corrected chi connectivity index (χ4v) is 17.8. The van der Waals surface area contributed by atoms with Gasteiger partial charge in [0.1, 0.15) is 23.6 Å². The van der Waals surface area contributed by atoms with E-state index < -0.39 is 32.3 Å². The third-order valence-electron chi connectivity index (χ3n) is 20.4. The first-order chi connectivity index (χ1) is 30.1. The van der Waals surface area contributed by atoms with Crippen molar-refractivity contribution < 1.29 is 23.1 Å². The van der Waals surface area contributed by atoms with Crippen molar-refractivity contribution in [1.82, 2.24) is 15.2 Å². The maximum atomic E-state index is 12.9. The number of sulfone groups is 1. The van der Waals surface area contributed by atoms with E-state index in [1.807, 2.05) is 0 Å². The van der Waals surface area contributed by atoms with Crippen molar-refractivity contribution in [2.45, 2.75) is 142 Å². The fraction of sp³-hybridized carbons (Fsp3) is 0.712. The Morgan fingerprint density at radius 2 is 1.69 bits per heavy atom. The molecule has 0 aromatic carbocycles. The molecule has 0 bridgehead atoms. The van der Waals surface area contributed by atoms with Gasteiger partial charge in [0, 0.05) is 44.9 Å². The number of nitrogens with zero attached hydrogens (tertiary/aromatic N) is 5. The van der Waals surface area contributed by atoms with Gasteiger partial charge in [-0.3, -0.25) is 4.79 Å². The number of ether oxygens (including phenoxy) is 1. The van der Waals surface area contributed by atoms with Gasteiger partial charge in [0.15, 0.2) is 9.84 Å². The van der Waals surface area contributed by atoms with Crippen LogP contribution in [0.15, 0.2) is 53.8 Å². The molecule has 1 aliphatic heterocycles. The summed E-state index contributed by atoms with van der Waals surface area (Å²) in [4.78, 5) is 29.8. The summed E-state index contributed by atoms with van der Waals surface area (Å²) < 4.78 is 30.4. The second kappa shape index (κ2) is 15.5. The summed E-state index contributed by atoms with van der Waals surface area (Å²) in [7, 11) is -2.96. The van der Waals surface area contributed by atoms with Crippen LogP contribution in [0.5, 0.6) is 5.88 Å². The molecule has 64 heavy (non-hydrogen) atoms. The minimum absolute atomic E-state index is 0.000815. The molecule has 12 heteroatoms. The number of carboxylic acid groups (broad SMARTS) is 1. The van der Waals surface area contributed by atoms with Gasteiger partial charge in [-0.25, -0.2) is 13.4 Å². The van der Waals surface area contributed by atoms with Gasteiger partial charge in [0.25, 0.3) is 18.7 Å². The van der Waals surface area contributed by atoms with E-state index in [1.54, 1.807) is 12.1 Å². The molecule has 1 saturated heterocycles. The Bertz CT molecular complexity index is 2400. The molecule has 4 saturated carbocycles. The van der Waals surface area contributed by atoms with Gasteiger partial charge >= 0.3 is 11.5 Å². The lowest BCUT2D eigenvalue weighted by Crippen LogP contribution is -2.81. The number of pyridine rings is 1. The Kier molecular flexibility index (Phi) is 11.3. The molecule has 11 nitrogen and oxygen atoms in total. The van der Waals surface area contributed by atoms with E-state index in [0.29, 0.717) is 43.8 Å². The van der Waals surface area contributed by atoms with Crippen LogP contribution in [0.3, 0.4) is 0 Å². The van der Waals surface area contributed by atoms with Crippen LogP contribution >= 0.6 is 0 Å². The summed E-state index contributed by atoms with van der Waals surface area (Å²) >= 11 is 0. The number of nitrogens with one attached hydrogen (secondary N) is 1. The number of aromatic nitrogens is 1. The SMILES string of the molecule is C#[N+][C@]12CC[C@@]3(C)[C@@](C)(CC[C@@]4(NCCN5CCS(=O)(=O)CC5)CC[C@@H](C(=C)C)[C@@]43[N+]#C)[C@]1(C)CC[C@H]1C(C)(C)C(C3=CCC(COc4ccc(C#N)cn4)(C(=O)O)CC3)=CC[C@@]12C. The van der Waals surface area contributed by atoms with Crippen LogP contribution in [0.1, 0.15) is 131 Å². The lowest BCUT2D eigenvalue weighted by Gasteiger charge is -2.73. The van der Waals surface area contributed by atoms with Gasteiger partial charge < -0.3 is 20.1 Å². The molecule has 2 N–H and O–H groups in total. The van der Waals surface area contributed by atoms with Gasteiger partial charge in [-0.05, 0) is 112 Å². The lowest BCUT2D eigenvalue weighted by atomic mass is 9.26. The molecular weight excluding hydrogens is 821 g/mol. The number of allylic oxidation sites excluding steroid dienone is 4. The number of carboxylic acids is 1. The number of rotatable bonds is 10. The van der Waals surface area contributed by atoms with Crippen molar-refractivity contribution in [1.29, 1.82) is 5.26 Å². The van der Waals surface area contributed by atoms with Crippen LogP contribution in [-0.2, 0) is 14.6 Å². The summed E-state index contributed by atoms with van der Waals surface area (Å²) in [5, 5.41) is 23.8. The van der Waals surface area contributed by atoms with Crippen LogP contribution in [0.25, 0.3) is 9.69 Å².